The summed E-state index contributed by atoms with van der Waals surface area (Å²) in [4.78, 5) is 23.5. The van der Waals surface area contributed by atoms with Crippen molar-refractivity contribution >= 4 is 17.4 Å². The fourth-order valence-corrected chi connectivity index (χ4v) is 3.81. The number of hydrogen-bond donors (Lipinski definition) is 1. The molecule has 6 heteroatoms. The van der Waals surface area contributed by atoms with Gasteiger partial charge in [0, 0.05) is 48.2 Å². The van der Waals surface area contributed by atoms with E-state index in [0.717, 1.165) is 31.9 Å². The first-order chi connectivity index (χ1) is 11.6. The molecule has 3 heterocycles. The molecule has 0 aliphatic carbocycles. The topological polar surface area (TPSA) is 48.5 Å². The van der Waals surface area contributed by atoms with Crippen LogP contribution in [0.5, 0.6) is 0 Å². The molecule has 1 fully saturated rings. The number of nitrogens with zero attached hydrogens (tertiary/aromatic N) is 3. The minimum Gasteiger partial charge on any atom is -0.333 e. The van der Waals surface area contributed by atoms with E-state index in [4.69, 9.17) is 0 Å². The molecule has 0 spiro atoms. The molecule has 2 aromatic rings. The number of carbonyl (C=O) groups is 1. The minimum atomic E-state index is 0.0335. The summed E-state index contributed by atoms with van der Waals surface area (Å²) in [5, 5.41) is 3.02. The van der Waals surface area contributed by atoms with Crippen LogP contribution in [0.4, 0.5) is 4.79 Å². The first-order valence-electron chi connectivity index (χ1n) is 8.36. The molecule has 0 aromatic carbocycles. The molecule has 3 rings (SSSR count). The molecule has 1 N–H and O–H groups in total. The normalized spacial score (nSPS) is 16.8. The molecule has 1 aliphatic rings. The lowest BCUT2D eigenvalue weighted by atomic mass is 10.1. The molecule has 1 saturated heterocycles. The average molecular weight is 344 g/mol. The Kier molecular flexibility index (Phi) is 5.48. The fourth-order valence-electron chi connectivity index (χ4n) is 2.98. The molecular weight excluding hydrogens is 320 g/mol. The van der Waals surface area contributed by atoms with Crippen molar-refractivity contribution in [2.45, 2.75) is 26.4 Å². The molecule has 1 atom stereocenters. The van der Waals surface area contributed by atoms with Gasteiger partial charge in [0.2, 0.25) is 0 Å². The number of rotatable bonds is 4. The Morgan fingerprint density at radius 2 is 2.04 bits per heavy atom. The van der Waals surface area contributed by atoms with Crippen molar-refractivity contribution in [3.05, 3.63) is 52.0 Å². The predicted octanol–water partition coefficient (Wildman–Crippen LogP) is 3.04. The van der Waals surface area contributed by atoms with Crippen molar-refractivity contribution in [2.24, 2.45) is 0 Å². The van der Waals surface area contributed by atoms with Crippen LogP contribution in [-0.4, -0.2) is 47.0 Å². The van der Waals surface area contributed by atoms with Crippen LogP contribution in [0.2, 0.25) is 0 Å². The van der Waals surface area contributed by atoms with Gasteiger partial charge < -0.3 is 10.2 Å². The highest BCUT2D eigenvalue weighted by Crippen LogP contribution is 2.19. The van der Waals surface area contributed by atoms with Crippen molar-refractivity contribution in [2.75, 3.05) is 26.2 Å². The number of hydrogen-bond acceptors (Lipinski definition) is 4. The highest BCUT2D eigenvalue weighted by molar-refractivity contribution is 7.11. The lowest BCUT2D eigenvalue weighted by Crippen LogP contribution is -2.52. The number of thiophene rings is 1. The van der Waals surface area contributed by atoms with E-state index in [9.17, 15) is 4.79 Å². The third-order valence-corrected chi connectivity index (χ3v) is 5.48. The Labute approximate surface area is 147 Å². The zero-order chi connectivity index (χ0) is 16.9. The summed E-state index contributed by atoms with van der Waals surface area (Å²) in [6.07, 6.45) is 1.84. The highest BCUT2D eigenvalue weighted by Gasteiger charge is 2.25. The van der Waals surface area contributed by atoms with Crippen LogP contribution in [0.25, 0.3) is 0 Å². The molecule has 0 saturated carbocycles. The van der Waals surface area contributed by atoms with E-state index < -0.39 is 0 Å². The Bertz CT molecular complexity index is 665. The minimum absolute atomic E-state index is 0.0335. The molecule has 2 aromatic heterocycles. The molecule has 1 unspecified atom stereocenters. The second kappa shape index (κ2) is 7.77. The van der Waals surface area contributed by atoms with Gasteiger partial charge in [0.05, 0.1) is 12.2 Å². The monoisotopic (exact) mass is 344 g/mol. The second-order valence-electron chi connectivity index (χ2n) is 6.12. The number of nitrogens with one attached hydrogen (secondary N) is 1. The lowest BCUT2D eigenvalue weighted by Gasteiger charge is -2.37. The number of aryl methyl sites for hydroxylation is 1. The zero-order valence-corrected chi connectivity index (χ0v) is 15.1. The van der Waals surface area contributed by atoms with Crippen LogP contribution in [0.15, 0.2) is 36.5 Å². The van der Waals surface area contributed by atoms with Crippen LogP contribution >= 0.6 is 11.3 Å². The third kappa shape index (κ3) is 4.13. The molecule has 1 aliphatic heterocycles. The lowest BCUT2D eigenvalue weighted by molar-refractivity contribution is 0.112. The summed E-state index contributed by atoms with van der Waals surface area (Å²) in [5.41, 5.74) is 1.09. The van der Waals surface area contributed by atoms with Gasteiger partial charge in [-0.1, -0.05) is 6.07 Å². The van der Waals surface area contributed by atoms with Crippen molar-refractivity contribution in [1.29, 1.82) is 0 Å². The van der Waals surface area contributed by atoms with Crippen molar-refractivity contribution in [1.82, 2.24) is 20.1 Å². The first kappa shape index (κ1) is 16.9. The van der Waals surface area contributed by atoms with Gasteiger partial charge in [0.15, 0.2) is 0 Å². The molecule has 128 valence electrons. The largest absolute Gasteiger partial charge is 0.333 e. The molecule has 0 bridgehead atoms. The van der Waals surface area contributed by atoms with Gasteiger partial charge in [0.25, 0.3) is 0 Å². The first-order valence-corrected chi connectivity index (χ1v) is 9.18. The number of aromatic nitrogens is 1. The SMILES string of the molecule is Cc1ccc(CNC(=O)N2CCN(C(C)c3ccccn3)CC2)s1. The van der Waals surface area contributed by atoms with Gasteiger partial charge in [0.1, 0.15) is 0 Å². The van der Waals surface area contributed by atoms with E-state index in [1.807, 2.05) is 23.2 Å². The van der Waals surface area contributed by atoms with Crippen molar-refractivity contribution in [3.8, 4) is 0 Å². The summed E-state index contributed by atoms with van der Waals surface area (Å²) in [6, 6.07) is 10.5. The summed E-state index contributed by atoms with van der Waals surface area (Å²) in [6.45, 7) is 8.14. The van der Waals surface area contributed by atoms with E-state index >= 15 is 0 Å². The van der Waals surface area contributed by atoms with Crippen LogP contribution < -0.4 is 5.32 Å². The predicted molar refractivity (Wildman–Crippen MR) is 97.1 cm³/mol. The van der Waals surface area contributed by atoms with E-state index in [-0.39, 0.29) is 12.1 Å². The van der Waals surface area contributed by atoms with Gasteiger partial charge in [-0.25, -0.2) is 4.79 Å². The summed E-state index contributed by atoms with van der Waals surface area (Å²) >= 11 is 1.73. The Hall–Kier alpha value is -1.92. The second-order valence-corrected chi connectivity index (χ2v) is 7.50. The quantitative estimate of drug-likeness (QED) is 0.927. The van der Waals surface area contributed by atoms with E-state index in [2.05, 4.69) is 47.2 Å². The number of urea groups is 1. The standard InChI is InChI=1S/C18H24N4OS/c1-14-6-7-16(24-14)13-20-18(23)22-11-9-21(10-12-22)15(2)17-5-3-4-8-19-17/h3-8,15H,9-13H2,1-2H3,(H,20,23). The Morgan fingerprint density at radius 1 is 1.25 bits per heavy atom. The summed E-state index contributed by atoms with van der Waals surface area (Å²) in [5.74, 6) is 0. The number of amides is 2. The number of pyridine rings is 1. The molecule has 2 amide bonds. The van der Waals surface area contributed by atoms with Gasteiger partial charge in [-0.15, -0.1) is 11.3 Å². The van der Waals surface area contributed by atoms with Crippen molar-refractivity contribution in [3.63, 3.8) is 0 Å². The number of piperazine rings is 1. The van der Waals surface area contributed by atoms with Crippen LogP contribution in [-0.2, 0) is 6.54 Å². The maximum Gasteiger partial charge on any atom is 0.317 e. The Balaban J connectivity index is 1.47. The Morgan fingerprint density at radius 3 is 2.67 bits per heavy atom. The molecular formula is C18H24N4OS. The molecule has 24 heavy (non-hydrogen) atoms. The van der Waals surface area contributed by atoms with Gasteiger partial charge >= 0.3 is 6.03 Å². The zero-order valence-electron chi connectivity index (χ0n) is 14.2. The average Bonchev–Trinajstić information content (AvgIpc) is 3.05. The maximum atomic E-state index is 12.3. The third-order valence-electron chi connectivity index (χ3n) is 4.47. The molecule has 0 radical (unpaired) electrons. The maximum absolute atomic E-state index is 12.3. The van der Waals surface area contributed by atoms with Gasteiger partial charge in [-0.05, 0) is 38.1 Å². The van der Waals surface area contributed by atoms with Gasteiger partial charge in [-0.2, -0.15) is 0 Å². The van der Waals surface area contributed by atoms with E-state index in [1.54, 1.807) is 11.3 Å². The van der Waals surface area contributed by atoms with E-state index in [0.29, 0.717) is 6.54 Å². The van der Waals surface area contributed by atoms with Gasteiger partial charge in [-0.3, -0.25) is 9.88 Å². The highest BCUT2D eigenvalue weighted by atomic mass is 32.1. The van der Waals surface area contributed by atoms with Crippen molar-refractivity contribution < 1.29 is 4.79 Å². The number of carbonyl (C=O) groups excluding carboxylic acids is 1. The summed E-state index contributed by atoms with van der Waals surface area (Å²) in [7, 11) is 0. The smallest absolute Gasteiger partial charge is 0.317 e. The van der Waals surface area contributed by atoms with Crippen LogP contribution in [0.3, 0.4) is 0 Å². The molecule has 5 nitrogen and oxygen atoms in total. The van der Waals surface area contributed by atoms with Crippen LogP contribution in [0, 0.1) is 6.92 Å². The summed E-state index contributed by atoms with van der Waals surface area (Å²) < 4.78 is 0. The van der Waals surface area contributed by atoms with E-state index in [1.165, 1.54) is 9.75 Å². The van der Waals surface area contributed by atoms with Crippen LogP contribution in [0.1, 0.15) is 28.4 Å². The fraction of sp³-hybridized carbons (Fsp3) is 0.444.